The Balaban J connectivity index is 2.41. The minimum absolute atomic E-state index is 0.321. The van der Waals surface area contributed by atoms with Crippen LogP contribution in [0.15, 0.2) is 30.3 Å². The number of nitrogens with two attached hydrogens (primary N) is 1. The first-order valence-electron chi connectivity index (χ1n) is 6.24. The molecule has 0 saturated carbocycles. The van der Waals surface area contributed by atoms with E-state index in [1.165, 1.54) is 5.56 Å². The second-order valence-electron chi connectivity index (χ2n) is 4.76. The minimum Gasteiger partial charge on any atom is -0.455 e. The van der Waals surface area contributed by atoms with Crippen LogP contribution in [-0.2, 0) is 0 Å². The summed E-state index contributed by atoms with van der Waals surface area (Å²) in [7, 11) is 0. The number of ether oxygens (including phenoxy) is 1. The van der Waals surface area contributed by atoms with E-state index in [2.05, 4.69) is 13.0 Å². The third-order valence-corrected chi connectivity index (χ3v) is 3.83. The Kier molecular flexibility index (Phi) is 4.31. The third kappa shape index (κ3) is 2.94. The quantitative estimate of drug-likeness (QED) is 0.835. The lowest BCUT2D eigenvalue weighted by atomic mass is 10.1. The molecule has 2 rings (SSSR count). The number of halogens is 1. The molecule has 0 amide bonds. The predicted molar refractivity (Wildman–Crippen MR) is 88.1 cm³/mol. The summed E-state index contributed by atoms with van der Waals surface area (Å²) in [5.74, 6) is 1.44. The van der Waals surface area contributed by atoms with Crippen LogP contribution in [0.25, 0.3) is 0 Å². The van der Waals surface area contributed by atoms with Crippen LogP contribution < -0.4 is 10.5 Å². The van der Waals surface area contributed by atoms with Crippen LogP contribution in [0, 0.1) is 20.8 Å². The lowest BCUT2D eigenvalue weighted by Gasteiger charge is -2.15. The number of aryl methyl sites for hydroxylation is 2. The SMILES string of the molecule is Cc1ccc(C)c(Oc2ccc(C(N)=S)cc2Cl)c1C. The third-order valence-electron chi connectivity index (χ3n) is 3.30. The van der Waals surface area contributed by atoms with E-state index in [4.69, 9.17) is 34.3 Å². The Labute approximate surface area is 129 Å². The second-order valence-corrected chi connectivity index (χ2v) is 5.61. The van der Waals surface area contributed by atoms with Gasteiger partial charge in [-0.25, -0.2) is 0 Å². The average Bonchev–Trinajstić information content (AvgIpc) is 2.40. The molecule has 20 heavy (non-hydrogen) atoms. The van der Waals surface area contributed by atoms with Crippen molar-refractivity contribution in [1.29, 1.82) is 0 Å². The van der Waals surface area contributed by atoms with Crippen LogP contribution in [0.5, 0.6) is 11.5 Å². The normalized spacial score (nSPS) is 10.4. The van der Waals surface area contributed by atoms with Gasteiger partial charge in [0, 0.05) is 5.56 Å². The van der Waals surface area contributed by atoms with Crippen molar-refractivity contribution in [2.24, 2.45) is 5.73 Å². The molecule has 0 spiro atoms. The molecule has 2 aromatic rings. The number of hydrogen-bond donors (Lipinski definition) is 1. The summed E-state index contributed by atoms with van der Waals surface area (Å²) in [6.45, 7) is 6.10. The number of hydrogen-bond acceptors (Lipinski definition) is 2. The Bertz CT molecular complexity index is 682. The van der Waals surface area contributed by atoms with Gasteiger partial charge in [0.2, 0.25) is 0 Å². The lowest BCUT2D eigenvalue weighted by molar-refractivity contribution is 0.475. The Hall–Kier alpha value is -1.58. The molecule has 0 aliphatic carbocycles. The maximum Gasteiger partial charge on any atom is 0.146 e. The number of thiocarbonyl (C=S) groups is 1. The van der Waals surface area contributed by atoms with Crippen molar-refractivity contribution >= 4 is 28.8 Å². The molecule has 0 fully saturated rings. The second kappa shape index (κ2) is 5.81. The first-order chi connectivity index (χ1) is 9.40. The van der Waals surface area contributed by atoms with Crippen molar-refractivity contribution in [3.05, 3.63) is 57.6 Å². The summed E-state index contributed by atoms with van der Waals surface area (Å²) in [4.78, 5) is 0.321. The molecule has 0 aliphatic rings. The van der Waals surface area contributed by atoms with Gasteiger partial charge in [-0.2, -0.15) is 0 Å². The first kappa shape index (κ1) is 14.8. The van der Waals surface area contributed by atoms with Gasteiger partial charge in [-0.3, -0.25) is 0 Å². The highest BCUT2D eigenvalue weighted by Crippen LogP contribution is 2.34. The highest BCUT2D eigenvalue weighted by atomic mass is 35.5. The molecule has 4 heteroatoms. The number of rotatable bonds is 3. The Morgan fingerprint density at radius 1 is 1.10 bits per heavy atom. The van der Waals surface area contributed by atoms with Gasteiger partial charge in [0.25, 0.3) is 0 Å². The molecule has 0 atom stereocenters. The van der Waals surface area contributed by atoms with Gasteiger partial charge in [-0.05, 0) is 55.7 Å². The fourth-order valence-corrected chi connectivity index (χ4v) is 2.28. The molecule has 0 bridgehead atoms. The van der Waals surface area contributed by atoms with E-state index < -0.39 is 0 Å². The van der Waals surface area contributed by atoms with E-state index >= 15 is 0 Å². The van der Waals surface area contributed by atoms with Crippen molar-refractivity contribution in [2.75, 3.05) is 0 Å². The minimum atomic E-state index is 0.321. The molecule has 0 saturated heterocycles. The van der Waals surface area contributed by atoms with Crippen molar-refractivity contribution in [3.63, 3.8) is 0 Å². The van der Waals surface area contributed by atoms with Gasteiger partial charge >= 0.3 is 0 Å². The molecule has 0 aliphatic heterocycles. The van der Waals surface area contributed by atoms with Crippen molar-refractivity contribution in [1.82, 2.24) is 0 Å². The van der Waals surface area contributed by atoms with Crippen LogP contribution in [0.1, 0.15) is 22.3 Å². The van der Waals surface area contributed by atoms with E-state index in [0.717, 1.165) is 22.4 Å². The summed E-state index contributed by atoms with van der Waals surface area (Å²) in [5.41, 5.74) is 9.68. The molecule has 2 nitrogen and oxygen atoms in total. The molecule has 2 aromatic carbocycles. The van der Waals surface area contributed by atoms with Crippen molar-refractivity contribution < 1.29 is 4.74 Å². The van der Waals surface area contributed by atoms with Gasteiger partial charge in [-0.1, -0.05) is 36.0 Å². The van der Waals surface area contributed by atoms with Gasteiger partial charge in [0.05, 0.1) is 5.02 Å². The first-order valence-corrected chi connectivity index (χ1v) is 7.02. The number of benzene rings is 2. The van der Waals surface area contributed by atoms with E-state index in [-0.39, 0.29) is 0 Å². The molecule has 0 radical (unpaired) electrons. The Morgan fingerprint density at radius 2 is 1.75 bits per heavy atom. The van der Waals surface area contributed by atoms with Gasteiger partial charge in [-0.15, -0.1) is 0 Å². The maximum atomic E-state index is 6.23. The van der Waals surface area contributed by atoms with Crippen LogP contribution in [-0.4, -0.2) is 4.99 Å². The highest BCUT2D eigenvalue weighted by molar-refractivity contribution is 7.80. The van der Waals surface area contributed by atoms with E-state index in [9.17, 15) is 0 Å². The summed E-state index contributed by atoms with van der Waals surface area (Å²) in [6.07, 6.45) is 0. The fourth-order valence-electron chi connectivity index (χ4n) is 1.93. The fraction of sp³-hybridized carbons (Fsp3) is 0.188. The summed E-state index contributed by atoms with van der Waals surface area (Å²) >= 11 is 11.2. The Morgan fingerprint density at radius 3 is 2.35 bits per heavy atom. The standard InChI is InChI=1S/C16H16ClNOS/c1-9-4-5-10(2)15(11(9)3)19-14-7-6-12(16(18)20)8-13(14)17/h4-8H,1-3H3,(H2,18,20). The van der Waals surface area contributed by atoms with Crippen LogP contribution in [0.3, 0.4) is 0 Å². The van der Waals surface area contributed by atoms with E-state index in [0.29, 0.717) is 15.8 Å². The van der Waals surface area contributed by atoms with Gasteiger partial charge in [0.15, 0.2) is 0 Å². The molecule has 0 unspecified atom stereocenters. The zero-order valence-corrected chi connectivity index (χ0v) is 13.2. The maximum absolute atomic E-state index is 6.23. The smallest absolute Gasteiger partial charge is 0.146 e. The zero-order valence-electron chi connectivity index (χ0n) is 11.7. The molecule has 0 aromatic heterocycles. The summed E-state index contributed by atoms with van der Waals surface area (Å²) < 4.78 is 5.97. The highest BCUT2D eigenvalue weighted by Gasteiger charge is 2.11. The largest absolute Gasteiger partial charge is 0.455 e. The van der Waals surface area contributed by atoms with Crippen LogP contribution in [0.2, 0.25) is 5.02 Å². The molecule has 0 heterocycles. The molecule has 2 N–H and O–H groups in total. The van der Waals surface area contributed by atoms with Crippen molar-refractivity contribution in [3.8, 4) is 11.5 Å². The van der Waals surface area contributed by atoms with Crippen molar-refractivity contribution in [2.45, 2.75) is 20.8 Å². The van der Waals surface area contributed by atoms with Gasteiger partial charge < -0.3 is 10.5 Å². The van der Waals surface area contributed by atoms with E-state index in [1.807, 2.05) is 26.0 Å². The topological polar surface area (TPSA) is 35.2 Å². The van der Waals surface area contributed by atoms with E-state index in [1.54, 1.807) is 12.1 Å². The van der Waals surface area contributed by atoms with Crippen LogP contribution in [0.4, 0.5) is 0 Å². The monoisotopic (exact) mass is 305 g/mol. The zero-order chi connectivity index (χ0) is 14.9. The summed E-state index contributed by atoms with van der Waals surface area (Å²) in [5, 5.41) is 0.496. The average molecular weight is 306 g/mol. The molecular weight excluding hydrogens is 290 g/mol. The summed E-state index contributed by atoms with van der Waals surface area (Å²) in [6, 6.07) is 9.44. The van der Waals surface area contributed by atoms with Gasteiger partial charge in [0.1, 0.15) is 16.5 Å². The predicted octanol–water partition coefficient (Wildman–Crippen LogP) is 4.69. The van der Waals surface area contributed by atoms with Crippen LogP contribution >= 0.6 is 23.8 Å². The molecule has 104 valence electrons. The molecular formula is C16H16ClNOS. The lowest BCUT2D eigenvalue weighted by Crippen LogP contribution is -2.09.